The van der Waals surface area contributed by atoms with Gasteiger partial charge in [0, 0.05) is 12.4 Å². The molecule has 24 heavy (non-hydrogen) atoms. The molecular formula is C18H18N2O4. The third-order valence-electron chi connectivity index (χ3n) is 3.62. The Morgan fingerprint density at radius 3 is 1.96 bits per heavy atom. The Bertz CT molecular complexity index is 860. The summed E-state index contributed by atoms with van der Waals surface area (Å²) < 4.78 is 0. The number of pyridine rings is 2. The van der Waals surface area contributed by atoms with Crippen molar-refractivity contribution >= 4 is 0 Å². The van der Waals surface area contributed by atoms with Crippen LogP contribution in [0, 0.1) is 0 Å². The van der Waals surface area contributed by atoms with Crippen LogP contribution in [0.1, 0.15) is 24.0 Å². The van der Waals surface area contributed by atoms with E-state index in [-0.39, 0.29) is 22.6 Å². The van der Waals surface area contributed by atoms with Gasteiger partial charge in [-0.05, 0) is 24.6 Å². The van der Waals surface area contributed by atoms with Gasteiger partial charge in [-0.1, -0.05) is 30.9 Å². The maximum Gasteiger partial charge on any atom is 0.255 e. The molecule has 0 aliphatic heterocycles. The molecule has 0 saturated heterocycles. The molecule has 0 saturated carbocycles. The Morgan fingerprint density at radius 2 is 1.58 bits per heavy atom. The molecule has 0 spiro atoms. The van der Waals surface area contributed by atoms with Crippen molar-refractivity contribution in [3.63, 3.8) is 0 Å². The second-order valence-electron chi connectivity index (χ2n) is 5.03. The number of aromatic amines is 2. The van der Waals surface area contributed by atoms with E-state index in [0.717, 1.165) is 0 Å². The number of aromatic nitrogens is 2. The highest BCUT2D eigenvalue weighted by Gasteiger charge is 2.28. The van der Waals surface area contributed by atoms with Crippen LogP contribution < -0.4 is 11.1 Å². The van der Waals surface area contributed by atoms with Crippen molar-refractivity contribution in [3.05, 3.63) is 92.8 Å². The normalized spacial score (nSPS) is 12.0. The fourth-order valence-corrected chi connectivity index (χ4v) is 2.53. The maximum atomic E-state index is 12.3. The summed E-state index contributed by atoms with van der Waals surface area (Å²) in [4.78, 5) is 29.5. The predicted octanol–water partition coefficient (Wildman–Crippen LogP) is 2.29. The SMILES string of the molecule is C=C/C=C\C(=C/C)C(c1c(O)cc[nH]c1=O)c1c(O)cc[nH]c1=O. The summed E-state index contributed by atoms with van der Waals surface area (Å²) in [6.07, 6.45) is 9.16. The van der Waals surface area contributed by atoms with Gasteiger partial charge in [-0.15, -0.1) is 0 Å². The molecule has 2 aromatic heterocycles. The lowest BCUT2D eigenvalue weighted by Gasteiger charge is -2.19. The molecule has 4 N–H and O–H groups in total. The van der Waals surface area contributed by atoms with Gasteiger partial charge >= 0.3 is 0 Å². The molecule has 2 aromatic rings. The highest BCUT2D eigenvalue weighted by atomic mass is 16.3. The van der Waals surface area contributed by atoms with E-state index in [4.69, 9.17) is 0 Å². The zero-order chi connectivity index (χ0) is 17.7. The second kappa shape index (κ2) is 7.32. The van der Waals surface area contributed by atoms with E-state index in [1.165, 1.54) is 24.5 Å². The minimum absolute atomic E-state index is 0.0219. The van der Waals surface area contributed by atoms with E-state index in [0.29, 0.717) is 5.57 Å². The standard InChI is InChI=1S/C18H18N2O4/c1-3-5-6-11(4-2)14(15-12(21)7-9-19-17(15)23)16-13(22)8-10-20-18(16)24/h3-10,14H,1H2,2H3,(H2,19,21,23)(H2,20,22,24)/b6-5-,11-4+. The van der Waals surface area contributed by atoms with Gasteiger partial charge in [-0.2, -0.15) is 0 Å². The fraction of sp³-hybridized carbons (Fsp3) is 0.111. The molecule has 0 amide bonds. The van der Waals surface area contributed by atoms with Crippen LogP contribution in [0.25, 0.3) is 0 Å². The number of hydrogen-bond donors (Lipinski definition) is 4. The lowest BCUT2D eigenvalue weighted by atomic mass is 9.84. The largest absolute Gasteiger partial charge is 0.507 e. The van der Waals surface area contributed by atoms with Crippen molar-refractivity contribution in [3.8, 4) is 11.5 Å². The highest BCUT2D eigenvalue weighted by molar-refractivity contribution is 5.52. The van der Waals surface area contributed by atoms with Gasteiger partial charge in [-0.3, -0.25) is 9.59 Å². The van der Waals surface area contributed by atoms with Gasteiger partial charge in [0.25, 0.3) is 11.1 Å². The zero-order valence-corrected chi connectivity index (χ0v) is 13.1. The Kier molecular flexibility index (Phi) is 5.21. The molecule has 0 aliphatic carbocycles. The molecule has 0 unspecified atom stereocenters. The number of H-pyrrole nitrogens is 2. The molecule has 0 bridgehead atoms. The average Bonchev–Trinajstić information content (AvgIpc) is 2.54. The fourth-order valence-electron chi connectivity index (χ4n) is 2.53. The zero-order valence-electron chi connectivity index (χ0n) is 13.1. The van der Waals surface area contributed by atoms with E-state index < -0.39 is 17.0 Å². The Labute approximate surface area is 138 Å². The molecule has 2 rings (SSSR count). The van der Waals surface area contributed by atoms with E-state index in [1.54, 1.807) is 31.2 Å². The highest BCUT2D eigenvalue weighted by Crippen LogP contribution is 2.36. The van der Waals surface area contributed by atoms with Crippen molar-refractivity contribution in [2.24, 2.45) is 0 Å². The Morgan fingerprint density at radius 1 is 1.08 bits per heavy atom. The van der Waals surface area contributed by atoms with Gasteiger partial charge in [0.2, 0.25) is 0 Å². The van der Waals surface area contributed by atoms with Gasteiger partial charge in [0.1, 0.15) is 11.5 Å². The topological polar surface area (TPSA) is 106 Å². The van der Waals surface area contributed by atoms with Crippen LogP contribution in [0.5, 0.6) is 11.5 Å². The van der Waals surface area contributed by atoms with E-state index in [2.05, 4.69) is 16.5 Å². The minimum atomic E-state index is -0.943. The van der Waals surface area contributed by atoms with Gasteiger partial charge in [0.15, 0.2) is 0 Å². The van der Waals surface area contributed by atoms with Crippen molar-refractivity contribution in [2.75, 3.05) is 0 Å². The smallest absolute Gasteiger partial charge is 0.255 e. The number of rotatable bonds is 5. The van der Waals surface area contributed by atoms with Crippen LogP contribution in [-0.2, 0) is 0 Å². The molecule has 0 aromatic carbocycles. The van der Waals surface area contributed by atoms with Crippen LogP contribution in [-0.4, -0.2) is 20.2 Å². The molecule has 2 heterocycles. The number of aromatic hydroxyl groups is 2. The lowest BCUT2D eigenvalue weighted by Crippen LogP contribution is -2.23. The number of allylic oxidation sites excluding steroid dienone is 5. The molecular weight excluding hydrogens is 308 g/mol. The second-order valence-corrected chi connectivity index (χ2v) is 5.03. The summed E-state index contributed by atoms with van der Waals surface area (Å²) in [5.41, 5.74) is -0.588. The molecule has 0 aliphatic rings. The summed E-state index contributed by atoms with van der Waals surface area (Å²) >= 11 is 0. The molecule has 6 nitrogen and oxygen atoms in total. The molecule has 0 atom stereocenters. The van der Waals surface area contributed by atoms with Crippen LogP contribution in [0.4, 0.5) is 0 Å². The number of nitrogens with one attached hydrogen (secondary N) is 2. The van der Waals surface area contributed by atoms with Crippen molar-refractivity contribution in [1.82, 2.24) is 9.97 Å². The Balaban J connectivity index is 2.86. The van der Waals surface area contributed by atoms with E-state index in [9.17, 15) is 19.8 Å². The summed E-state index contributed by atoms with van der Waals surface area (Å²) in [6.45, 7) is 5.33. The average molecular weight is 326 g/mol. The summed E-state index contributed by atoms with van der Waals surface area (Å²) in [7, 11) is 0. The van der Waals surface area contributed by atoms with E-state index >= 15 is 0 Å². The van der Waals surface area contributed by atoms with Crippen LogP contribution in [0.3, 0.4) is 0 Å². The van der Waals surface area contributed by atoms with Crippen LogP contribution in [0.2, 0.25) is 0 Å². The third-order valence-corrected chi connectivity index (χ3v) is 3.62. The van der Waals surface area contributed by atoms with Crippen molar-refractivity contribution in [2.45, 2.75) is 12.8 Å². The van der Waals surface area contributed by atoms with Gasteiger partial charge in [0.05, 0.1) is 17.0 Å². The Hall–Kier alpha value is -3.28. The lowest BCUT2D eigenvalue weighted by molar-refractivity contribution is 0.455. The van der Waals surface area contributed by atoms with Crippen LogP contribution >= 0.6 is 0 Å². The van der Waals surface area contributed by atoms with Gasteiger partial charge < -0.3 is 20.2 Å². The maximum absolute atomic E-state index is 12.3. The summed E-state index contributed by atoms with van der Waals surface area (Å²) in [5, 5.41) is 20.4. The first kappa shape index (κ1) is 17.1. The van der Waals surface area contributed by atoms with Crippen molar-refractivity contribution < 1.29 is 10.2 Å². The monoisotopic (exact) mass is 326 g/mol. The molecule has 124 valence electrons. The quantitative estimate of drug-likeness (QED) is 0.632. The molecule has 0 radical (unpaired) electrons. The first-order chi connectivity index (χ1) is 11.5. The third kappa shape index (κ3) is 3.22. The predicted molar refractivity (Wildman–Crippen MR) is 92.4 cm³/mol. The first-order valence-electron chi connectivity index (χ1n) is 7.27. The minimum Gasteiger partial charge on any atom is -0.507 e. The summed E-state index contributed by atoms with van der Waals surface area (Å²) in [6, 6.07) is 2.64. The molecule has 6 heteroatoms. The van der Waals surface area contributed by atoms with Crippen LogP contribution in [0.15, 0.2) is 70.6 Å². The van der Waals surface area contributed by atoms with Gasteiger partial charge in [-0.25, -0.2) is 0 Å². The number of hydrogen-bond acceptors (Lipinski definition) is 4. The first-order valence-corrected chi connectivity index (χ1v) is 7.27. The molecule has 0 fully saturated rings. The van der Waals surface area contributed by atoms with E-state index in [1.807, 2.05) is 0 Å². The summed E-state index contributed by atoms with van der Waals surface area (Å²) in [5.74, 6) is -1.48. The van der Waals surface area contributed by atoms with Crippen molar-refractivity contribution in [1.29, 1.82) is 0 Å².